The van der Waals surface area contributed by atoms with Gasteiger partial charge in [0.15, 0.2) is 0 Å². The fraction of sp³-hybridized carbons (Fsp3) is 0.364. The summed E-state index contributed by atoms with van der Waals surface area (Å²) < 4.78 is 5.76. The molecular formula is C22H22N4O. The summed E-state index contributed by atoms with van der Waals surface area (Å²) in [7, 11) is 0. The Kier molecular flexibility index (Phi) is 4.16. The highest BCUT2D eigenvalue weighted by Gasteiger charge is 2.24. The van der Waals surface area contributed by atoms with Crippen molar-refractivity contribution in [1.29, 1.82) is 0 Å². The van der Waals surface area contributed by atoms with Gasteiger partial charge in [-0.15, -0.1) is 0 Å². The van der Waals surface area contributed by atoms with Gasteiger partial charge >= 0.3 is 0 Å². The van der Waals surface area contributed by atoms with Gasteiger partial charge < -0.3 is 19.9 Å². The third kappa shape index (κ3) is 2.91. The number of nitrogens with zero attached hydrogens (tertiary/aromatic N) is 2. The lowest BCUT2D eigenvalue weighted by Crippen LogP contribution is -2.19. The molecule has 2 N–H and O–H groups in total. The molecule has 1 aromatic carbocycles. The Morgan fingerprint density at radius 3 is 3.07 bits per heavy atom. The number of ether oxygens (including phenoxy) is 1. The summed E-state index contributed by atoms with van der Waals surface area (Å²) in [6, 6.07) is 7.22. The molecule has 0 spiro atoms. The summed E-state index contributed by atoms with van der Waals surface area (Å²) in [6.45, 7) is 10.1. The first-order valence-corrected chi connectivity index (χ1v) is 9.60. The van der Waals surface area contributed by atoms with Crippen LogP contribution in [0.5, 0.6) is 0 Å². The molecule has 2 aliphatic heterocycles. The number of hydrogen-bond donors (Lipinski definition) is 2. The second-order valence-corrected chi connectivity index (χ2v) is 7.40. The van der Waals surface area contributed by atoms with Crippen LogP contribution < -0.4 is 5.32 Å². The summed E-state index contributed by atoms with van der Waals surface area (Å²) in [4.78, 5) is 11.3. The van der Waals surface area contributed by atoms with Gasteiger partial charge in [0, 0.05) is 29.4 Å². The van der Waals surface area contributed by atoms with E-state index in [2.05, 4.69) is 38.3 Å². The molecule has 5 nitrogen and oxygen atoms in total. The van der Waals surface area contributed by atoms with Crippen LogP contribution in [0.15, 0.2) is 30.6 Å². The lowest BCUT2D eigenvalue weighted by molar-refractivity contribution is 0.109. The summed E-state index contributed by atoms with van der Waals surface area (Å²) >= 11 is 0. The van der Waals surface area contributed by atoms with Crippen molar-refractivity contribution in [2.24, 2.45) is 0 Å². The van der Waals surface area contributed by atoms with Gasteiger partial charge in [-0.3, -0.25) is 0 Å². The molecule has 136 valence electrons. The highest BCUT2D eigenvalue weighted by Crippen LogP contribution is 2.35. The molecule has 0 saturated carbocycles. The number of pyridine rings is 1. The number of aromatic nitrogens is 2. The van der Waals surface area contributed by atoms with Crippen molar-refractivity contribution in [3.8, 4) is 11.1 Å². The van der Waals surface area contributed by atoms with E-state index in [9.17, 15) is 0 Å². The Morgan fingerprint density at radius 2 is 2.22 bits per heavy atom. The molecule has 4 heterocycles. The largest absolute Gasteiger partial charge is 0.376 e. The Labute approximate surface area is 158 Å². The van der Waals surface area contributed by atoms with Crippen molar-refractivity contribution in [2.45, 2.75) is 38.5 Å². The SMILES string of the molecule is [C-]#[N+]Cc1c[nH]c2ncc(-c3cc4c(c(C5CCCN5)c3)COCC4)cc12. The molecule has 27 heavy (non-hydrogen) atoms. The molecule has 0 amide bonds. The van der Waals surface area contributed by atoms with Crippen LogP contribution in [0.3, 0.4) is 0 Å². The van der Waals surface area contributed by atoms with Crippen molar-refractivity contribution >= 4 is 11.0 Å². The minimum absolute atomic E-state index is 0.379. The number of nitrogens with one attached hydrogen (secondary N) is 2. The first-order chi connectivity index (χ1) is 13.3. The Hall–Kier alpha value is -2.68. The van der Waals surface area contributed by atoms with Crippen molar-refractivity contribution in [2.75, 3.05) is 13.2 Å². The molecule has 2 aliphatic rings. The van der Waals surface area contributed by atoms with E-state index in [0.717, 1.165) is 41.7 Å². The predicted molar refractivity (Wildman–Crippen MR) is 105 cm³/mol. The molecule has 5 rings (SSSR count). The third-order valence-corrected chi connectivity index (χ3v) is 5.77. The Balaban J connectivity index is 1.64. The zero-order valence-corrected chi connectivity index (χ0v) is 15.2. The minimum Gasteiger partial charge on any atom is -0.376 e. The van der Waals surface area contributed by atoms with E-state index in [1.807, 2.05) is 12.4 Å². The molecule has 0 radical (unpaired) electrons. The molecule has 1 atom stereocenters. The minimum atomic E-state index is 0.379. The van der Waals surface area contributed by atoms with Crippen molar-refractivity contribution in [3.63, 3.8) is 0 Å². The first kappa shape index (κ1) is 16.5. The molecule has 1 saturated heterocycles. The van der Waals surface area contributed by atoms with Crippen LogP contribution in [0.1, 0.15) is 41.1 Å². The van der Waals surface area contributed by atoms with Crippen LogP contribution in [0, 0.1) is 6.57 Å². The predicted octanol–water partition coefficient (Wildman–Crippen LogP) is 4.15. The van der Waals surface area contributed by atoms with E-state index in [1.165, 1.54) is 35.1 Å². The van der Waals surface area contributed by atoms with E-state index in [0.29, 0.717) is 19.2 Å². The number of H-pyrrole nitrogens is 1. The lowest BCUT2D eigenvalue weighted by atomic mass is 9.88. The number of benzene rings is 1. The van der Waals surface area contributed by atoms with Crippen LogP contribution in [0.25, 0.3) is 27.0 Å². The standard InChI is InChI=1S/C22H22N4O/c1-23-10-17-12-26-22-18(17)9-16(11-25-22)15-7-14-4-6-27-13-20(14)19(8-15)21-3-2-5-24-21/h7-9,11-12,21,24H,2-6,10,13H2,(H,25,26). The highest BCUT2D eigenvalue weighted by atomic mass is 16.5. The fourth-order valence-electron chi connectivity index (χ4n) is 4.37. The van der Waals surface area contributed by atoms with Crippen LogP contribution in [0.2, 0.25) is 0 Å². The smallest absolute Gasteiger partial charge is 0.241 e. The zero-order chi connectivity index (χ0) is 18.2. The van der Waals surface area contributed by atoms with Crippen molar-refractivity contribution in [3.05, 3.63) is 64.3 Å². The fourth-order valence-corrected chi connectivity index (χ4v) is 4.37. The maximum Gasteiger partial charge on any atom is 0.241 e. The molecule has 1 unspecified atom stereocenters. The third-order valence-electron chi connectivity index (χ3n) is 5.77. The van der Waals surface area contributed by atoms with Crippen LogP contribution in [0.4, 0.5) is 0 Å². The number of aromatic amines is 1. The number of rotatable bonds is 3. The molecule has 1 fully saturated rings. The van der Waals surface area contributed by atoms with E-state index in [-0.39, 0.29) is 0 Å². The molecule has 5 heteroatoms. The van der Waals surface area contributed by atoms with Gasteiger partial charge in [0.1, 0.15) is 5.65 Å². The van der Waals surface area contributed by atoms with Gasteiger partial charge in [0.05, 0.1) is 18.8 Å². The molecular weight excluding hydrogens is 336 g/mol. The number of hydrogen-bond acceptors (Lipinski definition) is 3. The van der Waals surface area contributed by atoms with Crippen LogP contribution in [-0.2, 0) is 24.3 Å². The maximum atomic E-state index is 7.17. The van der Waals surface area contributed by atoms with Gasteiger partial charge in [-0.1, -0.05) is 6.07 Å². The molecule has 0 aliphatic carbocycles. The second-order valence-electron chi connectivity index (χ2n) is 7.40. The van der Waals surface area contributed by atoms with Crippen LogP contribution >= 0.6 is 0 Å². The van der Waals surface area contributed by atoms with Gasteiger partial charge in [-0.05, 0) is 60.2 Å². The summed E-state index contributed by atoms with van der Waals surface area (Å²) in [6.07, 6.45) is 7.21. The average Bonchev–Trinajstić information content (AvgIpc) is 3.37. The summed E-state index contributed by atoms with van der Waals surface area (Å²) in [5.41, 5.74) is 8.34. The van der Waals surface area contributed by atoms with Gasteiger partial charge in [-0.25, -0.2) is 11.6 Å². The quantitative estimate of drug-likeness (QED) is 0.692. The Bertz CT molecular complexity index is 1040. The van der Waals surface area contributed by atoms with Crippen molar-refractivity contribution in [1.82, 2.24) is 15.3 Å². The van der Waals surface area contributed by atoms with E-state index < -0.39 is 0 Å². The van der Waals surface area contributed by atoms with Crippen LogP contribution in [-0.4, -0.2) is 23.1 Å². The maximum absolute atomic E-state index is 7.17. The second kappa shape index (κ2) is 6.80. The Morgan fingerprint density at radius 1 is 1.26 bits per heavy atom. The number of fused-ring (bicyclic) bond motifs is 2. The lowest BCUT2D eigenvalue weighted by Gasteiger charge is -2.24. The van der Waals surface area contributed by atoms with Gasteiger partial charge in [-0.2, -0.15) is 0 Å². The summed E-state index contributed by atoms with van der Waals surface area (Å²) in [5.74, 6) is 0. The summed E-state index contributed by atoms with van der Waals surface area (Å²) in [5, 5.41) is 4.69. The van der Waals surface area contributed by atoms with E-state index >= 15 is 0 Å². The monoisotopic (exact) mass is 358 g/mol. The van der Waals surface area contributed by atoms with E-state index in [1.54, 1.807) is 0 Å². The molecule has 3 aromatic rings. The molecule has 2 aromatic heterocycles. The van der Waals surface area contributed by atoms with Crippen molar-refractivity contribution < 1.29 is 4.74 Å². The normalized spacial score (nSPS) is 19.1. The van der Waals surface area contributed by atoms with Gasteiger partial charge in [0.2, 0.25) is 6.54 Å². The topological polar surface area (TPSA) is 54.3 Å². The van der Waals surface area contributed by atoms with E-state index in [4.69, 9.17) is 11.3 Å². The zero-order valence-electron chi connectivity index (χ0n) is 15.2. The highest BCUT2D eigenvalue weighted by molar-refractivity contribution is 5.85. The molecule has 0 bridgehead atoms. The first-order valence-electron chi connectivity index (χ1n) is 9.60. The van der Waals surface area contributed by atoms with Gasteiger partial charge in [0.25, 0.3) is 0 Å². The average molecular weight is 358 g/mol.